The van der Waals surface area contributed by atoms with E-state index in [1.807, 2.05) is 19.1 Å². The van der Waals surface area contributed by atoms with Crippen LogP contribution in [0.3, 0.4) is 0 Å². The van der Waals surface area contributed by atoms with E-state index in [-0.39, 0.29) is 0 Å². The van der Waals surface area contributed by atoms with Gasteiger partial charge in [-0.15, -0.1) is 0 Å². The molecule has 0 fully saturated rings. The summed E-state index contributed by atoms with van der Waals surface area (Å²) in [6.07, 6.45) is 0.750. The van der Waals surface area contributed by atoms with Crippen molar-refractivity contribution in [1.82, 2.24) is 5.32 Å². The van der Waals surface area contributed by atoms with Crippen LogP contribution in [0.2, 0.25) is 0 Å². The molecule has 0 unspecified atom stereocenters. The third kappa shape index (κ3) is 6.84. The lowest BCUT2D eigenvalue weighted by Gasteiger charge is -2.08. The van der Waals surface area contributed by atoms with Gasteiger partial charge < -0.3 is 15.7 Å². The number of aliphatic hydroxyl groups excluding tert-OH is 1. The van der Waals surface area contributed by atoms with E-state index in [2.05, 4.69) is 36.3 Å². The average molecular weight is 238 g/mol. The van der Waals surface area contributed by atoms with Gasteiger partial charge in [0.05, 0.1) is 6.26 Å². The Kier molecular flexibility index (Phi) is 7.89. The Balaban J connectivity index is 0.000000673. The molecule has 0 bridgehead atoms. The second-order valence-corrected chi connectivity index (χ2v) is 3.44. The van der Waals surface area contributed by atoms with E-state index in [1.54, 1.807) is 0 Å². The van der Waals surface area contributed by atoms with E-state index in [1.165, 1.54) is 5.56 Å². The molecule has 0 radical (unpaired) electrons. The Morgan fingerprint density at radius 1 is 1.56 bits per heavy atom. The second-order valence-electron chi connectivity index (χ2n) is 3.04. The highest BCUT2D eigenvalue weighted by Crippen LogP contribution is 2.08. The van der Waals surface area contributed by atoms with Crippen molar-refractivity contribution in [3.05, 3.63) is 42.7 Å². The Labute approximate surface area is 102 Å². The SMILES string of the molecule is C=CO.CCNC(=S)Nc1cccc(C)c1. The zero-order valence-corrected chi connectivity index (χ0v) is 10.5. The lowest BCUT2D eigenvalue weighted by Crippen LogP contribution is -2.27. The topological polar surface area (TPSA) is 44.3 Å². The third-order valence-corrected chi connectivity index (χ3v) is 1.86. The third-order valence-electron chi connectivity index (χ3n) is 1.61. The first kappa shape index (κ1) is 14.5. The number of nitrogens with one attached hydrogen (secondary N) is 2. The van der Waals surface area contributed by atoms with Crippen LogP contribution in [-0.4, -0.2) is 16.8 Å². The predicted octanol–water partition coefficient (Wildman–Crippen LogP) is 2.99. The van der Waals surface area contributed by atoms with Gasteiger partial charge in [0.1, 0.15) is 0 Å². The lowest BCUT2D eigenvalue weighted by molar-refractivity contribution is 0.476. The summed E-state index contributed by atoms with van der Waals surface area (Å²) in [6.45, 7) is 7.84. The molecule has 0 aliphatic heterocycles. The van der Waals surface area contributed by atoms with Crippen LogP contribution in [0.1, 0.15) is 12.5 Å². The number of benzene rings is 1. The quantitative estimate of drug-likeness (QED) is 0.547. The summed E-state index contributed by atoms with van der Waals surface area (Å²) in [4.78, 5) is 0. The fourth-order valence-electron chi connectivity index (χ4n) is 1.06. The van der Waals surface area contributed by atoms with Crippen molar-refractivity contribution in [2.45, 2.75) is 13.8 Å². The number of rotatable bonds is 2. The van der Waals surface area contributed by atoms with Crippen molar-refractivity contribution < 1.29 is 5.11 Å². The van der Waals surface area contributed by atoms with Gasteiger partial charge in [-0.2, -0.15) is 0 Å². The summed E-state index contributed by atoms with van der Waals surface area (Å²) in [5.41, 5.74) is 2.26. The van der Waals surface area contributed by atoms with Gasteiger partial charge in [0.25, 0.3) is 0 Å². The first-order chi connectivity index (χ1) is 7.63. The van der Waals surface area contributed by atoms with Crippen LogP contribution in [0.15, 0.2) is 37.1 Å². The van der Waals surface area contributed by atoms with Crippen molar-refractivity contribution >= 4 is 23.0 Å². The maximum Gasteiger partial charge on any atom is 0.170 e. The molecule has 0 aliphatic carbocycles. The number of aliphatic hydroxyl groups is 1. The predicted molar refractivity (Wildman–Crippen MR) is 73.9 cm³/mol. The molecule has 4 heteroatoms. The van der Waals surface area contributed by atoms with Crippen LogP contribution >= 0.6 is 12.2 Å². The summed E-state index contributed by atoms with van der Waals surface area (Å²) in [5, 5.41) is 14.1. The Morgan fingerprint density at radius 2 is 2.19 bits per heavy atom. The maximum atomic E-state index is 7.33. The van der Waals surface area contributed by atoms with Crippen molar-refractivity contribution in [1.29, 1.82) is 0 Å². The largest absolute Gasteiger partial charge is 0.516 e. The van der Waals surface area contributed by atoms with Crippen molar-refractivity contribution in [3.63, 3.8) is 0 Å². The molecule has 0 heterocycles. The van der Waals surface area contributed by atoms with E-state index >= 15 is 0 Å². The van der Waals surface area contributed by atoms with Gasteiger partial charge in [0, 0.05) is 12.2 Å². The van der Waals surface area contributed by atoms with Crippen LogP contribution in [0, 0.1) is 6.92 Å². The molecule has 1 rings (SSSR count). The zero-order chi connectivity index (χ0) is 12.4. The monoisotopic (exact) mass is 238 g/mol. The van der Waals surface area contributed by atoms with Gasteiger partial charge >= 0.3 is 0 Å². The maximum absolute atomic E-state index is 7.33. The molecule has 0 spiro atoms. The normalized spacial score (nSPS) is 8.38. The molecule has 3 N–H and O–H groups in total. The minimum Gasteiger partial charge on any atom is -0.516 e. The highest BCUT2D eigenvalue weighted by Gasteiger charge is 1.94. The minimum atomic E-state index is 0.674. The molecule has 0 aliphatic rings. The molecular formula is C12H18N2OS. The highest BCUT2D eigenvalue weighted by molar-refractivity contribution is 7.80. The van der Waals surface area contributed by atoms with E-state index in [0.717, 1.165) is 18.5 Å². The van der Waals surface area contributed by atoms with E-state index in [0.29, 0.717) is 5.11 Å². The number of hydrogen-bond acceptors (Lipinski definition) is 2. The zero-order valence-electron chi connectivity index (χ0n) is 9.66. The number of thiocarbonyl (C=S) groups is 1. The molecule has 0 atom stereocenters. The summed E-state index contributed by atoms with van der Waals surface area (Å²) in [7, 11) is 0. The minimum absolute atomic E-state index is 0.674. The Hall–Kier alpha value is -1.55. The summed E-state index contributed by atoms with van der Waals surface area (Å²) >= 11 is 5.06. The number of aryl methyl sites for hydroxylation is 1. The highest BCUT2D eigenvalue weighted by atomic mass is 32.1. The molecule has 1 aromatic rings. The van der Waals surface area contributed by atoms with Gasteiger partial charge in [-0.25, -0.2) is 0 Å². The molecule has 88 valence electrons. The van der Waals surface area contributed by atoms with Crippen LogP contribution in [0.4, 0.5) is 5.69 Å². The standard InChI is InChI=1S/C10H14N2S.C2H4O/c1-3-11-10(13)12-9-6-4-5-8(2)7-9;1-2-3/h4-7H,3H2,1-2H3,(H2,11,12,13);2-3H,1H2. The molecule has 0 aromatic heterocycles. The molecule has 0 saturated carbocycles. The Morgan fingerprint density at radius 3 is 2.69 bits per heavy atom. The first-order valence-electron chi connectivity index (χ1n) is 5.00. The molecule has 16 heavy (non-hydrogen) atoms. The van der Waals surface area contributed by atoms with Crippen molar-refractivity contribution in [3.8, 4) is 0 Å². The van der Waals surface area contributed by atoms with Crippen LogP contribution in [0.5, 0.6) is 0 Å². The average Bonchev–Trinajstić information content (AvgIpc) is 2.19. The lowest BCUT2D eigenvalue weighted by atomic mass is 10.2. The number of hydrogen-bond donors (Lipinski definition) is 3. The van der Waals surface area contributed by atoms with Crippen molar-refractivity contribution in [2.75, 3.05) is 11.9 Å². The fraction of sp³-hybridized carbons (Fsp3) is 0.250. The molecular weight excluding hydrogens is 220 g/mol. The molecule has 0 saturated heterocycles. The van der Waals surface area contributed by atoms with Crippen LogP contribution < -0.4 is 10.6 Å². The molecule has 0 amide bonds. The first-order valence-corrected chi connectivity index (χ1v) is 5.41. The van der Waals surface area contributed by atoms with Crippen LogP contribution in [-0.2, 0) is 0 Å². The van der Waals surface area contributed by atoms with E-state index in [9.17, 15) is 0 Å². The van der Waals surface area contributed by atoms with Gasteiger partial charge in [0.15, 0.2) is 5.11 Å². The van der Waals surface area contributed by atoms with Crippen LogP contribution in [0.25, 0.3) is 0 Å². The van der Waals surface area contributed by atoms with Gasteiger partial charge in [0.2, 0.25) is 0 Å². The van der Waals surface area contributed by atoms with E-state index in [4.69, 9.17) is 17.3 Å². The summed E-state index contributed by atoms with van der Waals surface area (Å²) in [6, 6.07) is 8.12. The Bertz CT molecular complexity index is 340. The van der Waals surface area contributed by atoms with Gasteiger partial charge in [-0.3, -0.25) is 0 Å². The van der Waals surface area contributed by atoms with Crippen molar-refractivity contribution in [2.24, 2.45) is 0 Å². The summed E-state index contributed by atoms with van der Waals surface area (Å²) in [5.74, 6) is 0. The number of anilines is 1. The smallest absolute Gasteiger partial charge is 0.170 e. The fourth-order valence-corrected chi connectivity index (χ4v) is 1.32. The molecule has 1 aromatic carbocycles. The van der Waals surface area contributed by atoms with E-state index < -0.39 is 0 Å². The second kappa shape index (κ2) is 8.73. The summed E-state index contributed by atoms with van der Waals surface area (Å²) < 4.78 is 0. The molecule has 3 nitrogen and oxygen atoms in total. The van der Waals surface area contributed by atoms with Gasteiger partial charge in [-0.05, 0) is 43.8 Å². The van der Waals surface area contributed by atoms with Gasteiger partial charge in [-0.1, -0.05) is 18.7 Å².